The summed E-state index contributed by atoms with van der Waals surface area (Å²) in [5.41, 5.74) is -0.310. The SMILES string of the molecule is CC(C)(C)OC(=O)NC(CO)Cc1ccc(Br)cc1[N+](=O)[O-]. The number of aliphatic hydroxyl groups excluding tert-OH is 1. The lowest BCUT2D eigenvalue weighted by atomic mass is 10.0. The van der Waals surface area contributed by atoms with Crippen molar-refractivity contribution in [1.82, 2.24) is 5.32 Å². The molecule has 2 N–H and O–H groups in total. The zero-order chi connectivity index (χ0) is 16.9. The average Bonchev–Trinajstić information content (AvgIpc) is 2.37. The van der Waals surface area contributed by atoms with Crippen LogP contribution in [-0.4, -0.2) is 34.4 Å². The van der Waals surface area contributed by atoms with Crippen molar-refractivity contribution in [1.29, 1.82) is 0 Å². The summed E-state index contributed by atoms with van der Waals surface area (Å²) in [5.74, 6) is 0. The van der Waals surface area contributed by atoms with Gasteiger partial charge in [-0.2, -0.15) is 0 Å². The van der Waals surface area contributed by atoms with Crippen molar-refractivity contribution in [3.8, 4) is 0 Å². The highest BCUT2D eigenvalue weighted by atomic mass is 79.9. The molecule has 0 bridgehead atoms. The highest BCUT2D eigenvalue weighted by Gasteiger charge is 2.22. The monoisotopic (exact) mass is 374 g/mol. The smallest absolute Gasteiger partial charge is 0.407 e. The van der Waals surface area contributed by atoms with Gasteiger partial charge in [-0.3, -0.25) is 10.1 Å². The molecule has 1 unspecified atom stereocenters. The lowest BCUT2D eigenvalue weighted by molar-refractivity contribution is -0.385. The number of alkyl carbamates (subject to hydrolysis) is 1. The van der Waals surface area contributed by atoms with E-state index < -0.39 is 22.7 Å². The number of hydrogen-bond acceptors (Lipinski definition) is 5. The molecule has 0 radical (unpaired) electrons. The van der Waals surface area contributed by atoms with Crippen molar-refractivity contribution < 1.29 is 19.6 Å². The van der Waals surface area contributed by atoms with Crippen LogP contribution < -0.4 is 5.32 Å². The molecule has 8 heteroatoms. The van der Waals surface area contributed by atoms with E-state index in [1.54, 1.807) is 32.9 Å². The molecule has 0 aliphatic heterocycles. The van der Waals surface area contributed by atoms with E-state index in [0.29, 0.717) is 10.0 Å². The number of benzene rings is 1. The fraction of sp³-hybridized carbons (Fsp3) is 0.500. The van der Waals surface area contributed by atoms with Gasteiger partial charge < -0.3 is 15.2 Å². The highest BCUT2D eigenvalue weighted by molar-refractivity contribution is 9.10. The third-order valence-corrected chi connectivity index (χ3v) is 3.14. The van der Waals surface area contributed by atoms with Crippen LogP contribution in [-0.2, 0) is 11.2 Å². The molecule has 0 heterocycles. The molecule has 0 aromatic heterocycles. The molecule has 1 aromatic carbocycles. The maximum Gasteiger partial charge on any atom is 0.407 e. The average molecular weight is 375 g/mol. The summed E-state index contributed by atoms with van der Waals surface area (Å²) in [6.07, 6.45) is -0.550. The number of nitrogens with zero attached hydrogens (tertiary/aromatic N) is 1. The van der Waals surface area contributed by atoms with Crippen LogP contribution in [0.5, 0.6) is 0 Å². The molecule has 0 fully saturated rings. The van der Waals surface area contributed by atoms with Gasteiger partial charge in [0.05, 0.1) is 17.6 Å². The number of hydrogen-bond donors (Lipinski definition) is 2. The first-order chi connectivity index (χ1) is 10.1. The lowest BCUT2D eigenvalue weighted by Gasteiger charge is -2.22. The second kappa shape index (κ2) is 7.55. The van der Waals surface area contributed by atoms with Gasteiger partial charge in [-0.1, -0.05) is 22.0 Å². The van der Waals surface area contributed by atoms with E-state index in [4.69, 9.17) is 4.74 Å². The topological polar surface area (TPSA) is 102 Å². The van der Waals surface area contributed by atoms with Crippen molar-refractivity contribution in [2.75, 3.05) is 6.61 Å². The summed E-state index contributed by atoms with van der Waals surface area (Å²) in [4.78, 5) is 22.3. The van der Waals surface area contributed by atoms with Crippen LogP contribution in [0.2, 0.25) is 0 Å². The van der Waals surface area contributed by atoms with E-state index in [9.17, 15) is 20.0 Å². The number of carbonyl (C=O) groups excluding carboxylic acids is 1. The Morgan fingerprint density at radius 3 is 2.64 bits per heavy atom. The molecular formula is C14H19BrN2O5. The van der Waals surface area contributed by atoms with Gasteiger partial charge in [0.25, 0.3) is 5.69 Å². The molecule has 0 saturated heterocycles. The molecule has 0 spiro atoms. The lowest BCUT2D eigenvalue weighted by Crippen LogP contribution is -2.42. The first kappa shape index (κ1) is 18.4. The Labute approximate surface area is 136 Å². The van der Waals surface area contributed by atoms with Crippen LogP contribution in [0.25, 0.3) is 0 Å². The van der Waals surface area contributed by atoms with E-state index in [0.717, 1.165) is 0 Å². The van der Waals surface area contributed by atoms with Gasteiger partial charge in [0, 0.05) is 22.5 Å². The molecule has 0 saturated carbocycles. The molecule has 1 atom stereocenters. The predicted molar refractivity (Wildman–Crippen MR) is 84.7 cm³/mol. The summed E-state index contributed by atoms with van der Waals surface area (Å²) in [5, 5.41) is 22.9. The summed E-state index contributed by atoms with van der Waals surface area (Å²) < 4.78 is 5.69. The number of rotatable bonds is 5. The highest BCUT2D eigenvalue weighted by Crippen LogP contribution is 2.24. The van der Waals surface area contributed by atoms with Crippen molar-refractivity contribution in [2.45, 2.75) is 38.8 Å². The Balaban J connectivity index is 2.83. The Bertz CT molecular complexity index is 557. The van der Waals surface area contributed by atoms with E-state index in [1.807, 2.05) is 0 Å². The minimum absolute atomic E-state index is 0.0705. The second-order valence-corrected chi connectivity index (χ2v) is 6.68. The predicted octanol–water partition coefficient (Wildman–Crippen LogP) is 2.79. The first-order valence-electron chi connectivity index (χ1n) is 6.65. The third-order valence-electron chi connectivity index (χ3n) is 2.65. The summed E-state index contributed by atoms with van der Waals surface area (Å²) in [6, 6.07) is 3.97. The molecule has 0 aliphatic rings. The van der Waals surface area contributed by atoms with Crippen LogP contribution in [0.4, 0.5) is 10.5 Å². The van der Waals surface area contributed by atoms with Crippen LogP contribution >= 0.6 is 15.9 Å². The fourth-order valence-corrected chi connectivity index (χ4v) is 2.13. The number of nitro benzene ring substituents is 1. The molecule has 1 aromatic rings. The number of nitrogens with one attached hydrogen (secondary N) is 1. The van der Waals surface area contributed by atoms with Crippen molar-refractivity contribution in [2.24, 2.45) is 0 Å². The number of ether oxygens (including phenoxy) is 1. The van der Waals surface area contributed by atoms with E-state index in [1.165, 1.54) is 6.07 Å². The number of carbonyl (C=O) groups is 1. The Kier molecular flexibility index (Phi) is 6.31. The van der Waals surface area contributed by atoms with Crippen molar-refractivity contribution in [3.63, 3.8) is 0 Å². The van der Waals surface area contributed by atoms with Gasteiger partial charge >= 0.3 is 6.09 Å². The number of aliphatic hydroxyl groups is 1. The van der Waals surface area contributed by atoms with E-state index in [2.05, 4.69) is 21.2 Å². The van der Waals surface area contributed by atoms with Crippen LogP contribution in [0.15, 0.2) is 22.7 Å². The molecule has 0 aliphatic carbocycles. The summed E-state index contributed by atoms with van der Waals surface area (Å²) >= 11 is 3.18. The molecule has 122 valence electrons. The minimum Gasteiger partial charge on any atom is -0.444 e. The van der Waals surface area contributed by atoms with E-state index in [-0.39, 0.29) is 18.7 Å². The maximum absolute atomic E-state index is 11.7. The van der Waals surface area contributed by atoms with Gasteiger partial charge in [-0.05, 0) is 26.8 Å². The standard InChI is InChI=1S/C14H19BrN2O5/c1-14(2,3)22-13(19)16-11(8-18)6-9-4-5-10(15)7-12(9)17(20)21/h4-5,7,11,18H,6,8H2,1-3H3,(H,16,19). The van der Waals surface area contributed by atoms with Crippen molar-refractivity contribution >= 4 is 27.7 Å². The van der Waals surface area contributed by atoms with Gasteiger partial charge in [0.15, 0.2) is 0 Å². The van der Waals surface area contributed by atoms with Crippen LogP contribution in [0.1, 0.15) is 26.3 Å². The molecule has 22 heavy (non-hydrogen) atoms. The number of amides is 1. The molecule has 1 amide bonds. The zero-order valence-electron chi connectivity index (χ0n) is 12.6. The molecule has 7 nitrogen and oxygen atoms in total. The maximum atomic E-state index is 11.7. The third kappa shape index (κ3) is 5.98. The summed E-state index contributed by atoms with van der Waals surface area (Å²) in [7, 11) is 0. The second-order valence-electron chi connectivity index (χ2n) is 5.76. The Hall–Kier alpha value is -1.67. The fourth-order valence-electron chi connectivity index (χ4n) is 1.78. The number of halogens is 1. The van der Waals surface area contributed by atoms with Crippen LogP contribution in [0, 0.1) is 10.1 Å². The minimum atomic E-state index is -0.675. The van der Waals surface area contributed by atoms with Gasteiger partial charge in [-0.15, -0.1) is 0 Å². The van der Waals surface area contributed by atoms with Crippen LogP contribution in [0.3, 0.4) is 0 Å². The number of nitro groups is 1. The van der Waals surface area contributed by atoms with Gasteiger partial charge in [0.2, 0.25) is 0 Å². The van der Waals surface area contributed by atoms with Gasteiger partial charge in [0.1, 0.15) is 5.60 Å². The molecule has 1 rings (SSSR count). The largest absolute Gasteiger partial charge is 0.444 e. The van der Waals surface area contributed by atoms with Gasteiger partial charge in [-0.25, -0.2) is 4.79 Å². The van der Waals surface area contributed by atoms with Crippen molar-refractivity contribution in [3.05, 3.63) is 38.3 Å². The summed E-state index contributed by atoms with van der Waals surface area (Å²) in [6.45, 7) is 4.81. The Morgan fingerprint density at radius 2 is 2.14 bits per heavy atom. The Morgan fingerprint density at radius 1 is 1.50 bits per heavy atom. The van der Waals surface area contributed by atoms with E-state index >= 15 is 0 Å². The molecular weight excluding hydrogens is 356 g/mol. The zero-order valence-corrected chi connectivity index (χ0v) is 14.2. The normalized spacial score (nSPS) is 12.6. The first-order valence-corrected chi connectivity index (χ1v) is 7.45. The quantitative estimate of drug-likeness (QED) is 0.609.